The van der Waals surface area contributed by atoms with Gasteiger partial charge in [0.15, 0.2) is 0 Å². The van der Waals surface area contributed by atoms with Gasteiger partial charge in [-0.1, -0.05) is 12.1 Å². The number of nitriles is 1. The molecular formula is C18H19FN4. The molecule has 0 radical (unpaired) electrons. The van der Waals surface area contributed by atoms with Crippen LogP contribution in [0.1, 0.15) is 24.1 Å². The highest BCUT2D eigenvalue weighted by atomic mass is 19.1. The largest absolute Gasteiger partial charge is 0.354 e. The van der Waals surface area contributed by atoms with Gasteiger partial charge in [-0.2, -0.15) is 5.26 Å². The van der Waals surface area contributed by atoms with Crippen LogP contribution in [0.2, 0.25) is 0 Å². The smallest absolute Gasteiger partial charge is 0.128 e. The Morgan fingerprint density at radius 1 is 1.17 bits per heavy atom. The summed E-state index contributed by atoms with van der Waals surface area (Å²) in [5.41, 5.74) is 1.59. The summed E-state index contributed by atoms with van der Waals surface area (Å²) in [6.07, 6.45) is 1.61. The van der Waals surface area contributed by atoms with Gasteiger partial charge in [0.1, 0.15) is 17.7 Å². The minimum Gasteiger partial charge on any atom is -0.354 e. The van der Waals surface area contributed by atoms with E-state index < -0.39 is 0 Å². The van der Waals surface area contributed by atoms with Crippen LogP contribution in [0, 0.1) is 17.1 Å². The van der Waals surface area contributed by atoms with Gasteiger partial charge < -0.3 is 4.90 Å². The molecule has 0 amide bonds. The first-order valence-electron chi connectivity index (χ1n) is 7.78. The van der Waals surface area contributed by atoms with Crippen molar-refractivity contribution in [3.05, 3.63) is 59.5 Å². The predicted octanol–water partition coefficient (Wildman–Crippen LogP) is 2.98. The van der Waals surface area contributed by atoms with Gasteiger partial charge in [-0.15, -0.1) is 0 Å². The zero-order valence-electron chi connectivity index (χ0n) is 13.1. The van der Waals surface area contributed by atoms with E-state index in [1.807, 2.05) is 12.1 Å². The number of halogens is 1. The van der Waals surface area contributed by atoms with E-state index in [0.29, 0.717) is 5.56 Å². The fraction of sp³-hybridized carbons (Fsp3) is 0.333. The van der Waals surface area contributed by atoms with Crippen molar-refractivity contribution in [1.82, 2.24) is 9.88 Å². The first-order chi connectivity index (χ1) is 11.2. The molecule has 2 heterocycles. The summed E-state index contributed by atoms with van der Waals surface area (Å²) in [6.45, 7) is 5.67. The SMILES string of the molecule is CC(c1cccc(F)c1)N1CCN(c2ccc(C#N)cn2)CC1. The second kappa shape index (κ2) is 6.76. The maximum atomic E-state index is 13.4. The van der Waals surface area contributed by atoms with E-state index in [4.69, 9.17) is 5.26 Å². The number of anilines is 1. The number of pyridine rings is 1. The van der Waals surface area contributed by atoms with E-state index in [0.717, 1.165) is 37.6 Å². The molecule has 1 aliphatic rings. The summed E-state index contributed by atoms with van der Waals surface area (Å²) >= 11 is 0. The van der Waals surface area contributed by atoms with Crippen molar-refractivity contribution in [2.24, 2.45) is 0 Å². The average Bonchev–Trinajstić information content (AvgIpc) is 2.61. The van der Waals surface area contributed by atoms with Crippen LogP contribution in [0.4, 0.5) is 10.2 Å². The molecule has 0 bridgehead atoms. The Kier molecular flexibility index (Phi) is 4.54. The lowest BCUT2D eigenvalue weighted by Gasteiger charge is -2.38. The molecule has 5 heteroatoms. The molecule has 1 aromatic heterocycles. The third-order valence-electron chi connectivity index (χ3n) is 4.39. The van der Waals surface area contributed by atoms with Crippen LogP contribution in [-0.2, 0) is 0 Å². The minimum atomic E-state index is -0.185. The molecule has 0 spiro atoms. The molecule has 2 aromatic rings. The molecule has 3 rings (SSSR count). The molecule has 0 aliphatic carbocycles. The van der Waals surface area contributed by atoms with E-state index in [2.05, 4.69) is 27.8 Å². The van der Waals surface area contributed by atoms with Crippen LogP contribution in [-0.4, -0.2) is 36.1 Å². The van der Waals surface area contributed by atoms with Crippen molar-refractivity contribution in [3.63, 3.8) is 0 Å². The first kappa shape index (κ1) is 15.4. The van der Waals surface area contributed by atoms with Crippen LogP contribution in [0.3, 0.4) is 0 Å². The van der Waals surface area contributed by atoms with Crippen molar-refractivity contribution in [2.45, 2.75) is 13.0 Å². The van der Waals surface area contributed by atoms with Crippen LogP contribution >= 0.6 is 0 Å². The van der Waals surface area contributed by atoms with Crippen molar-refractivity contribution in [1.29, 1.82) is 5.26 Å². The molecule has 1 fully saturated rings. The summed E-state index contributed by atoms with van der Waals surface area (Å²) in [5, 5.41) is 8.83. The summed E-state index contributed by atoms with van der Waals surface area (Å²) in [4.78, 5) is 8.92. The normalized spacial score (nSPS) is 16.8. The fourth-order valence-electron chi connectivity index (χ4n) is 2.95. The average molecular weight is 310 g/mol. The van der Waals surface area contributed by atoms with E-state index >= 15 is 0 Å². The zero-order valence-corrected chi connectivity index (χ0v) is 13.1. The summed E-state index contributed by atoms with van der Waals surface area (Å²) in [5.74, 6) is 0.719. The van der Waals surface area contributed by atoms with Crippen LogP contribution in [0.25, 0.3) is 0 Å². The van der Waals surface area contributed by atoms with Gasteiger partial charge in [0, 0.05) is 38.4 Å². The standard InChI is InChI=1S/C18H19FN4/c1-14(16-3-2-4-17(19)11-16)22-7-9-23(10-8-22)18-6-5-15(12-20)13-21-18/h2-6,11,13-14H,7-10H2,1H3. The predicted molar refractivity (Wildman–Crippen MR) is 87.6 cm³/mol. The highest BCUT2D eigenvalue weighted by Crippen LogP contribution is 2.23. The minimum absolute atomic E-state index is 0.185. The Labute approximate surface area is 135 Å². The molecule has 4 nitrogen and oxygen atoms in total. The first-order valence-corrected chi connectivity index (χ1v) is 7.78. The molecule has 118 valence electrons. The van der Waals surface area contributed by atoms with Gasteiger partial charge in [0.05, 0.1) is 5.56 Å². The quantitative estimate of drug-likeness (QED) is 0.874. The van der Waals surface area contributed by atoms with E-state index in [1.165, 1.54) is 6.07 Å². The van der Waals surface area contributed by atoms with Gasteiger partial charge in [-0.05, 0) is 36.8 Å². The molecule has 1 unspecified atom stereocenters. The van der Waals surface area contributed by atoms with E-state index in [1.54, 1.807) is 24.4 Å². The third-order valence-corrected chi connectivity index (χ3v) is 4.39. The van der Waals surface area contributed by atoms with Gasteiger partial charge in [-0.3, -0.25) is 4.90 Å². The summed E-state index contributed by atoms with van der Waals surface area (Å²) < 4.78 is 13.4. The number of piperazine rings is 1. The van der Waals surface area contributed by atoms with E-state index in [-0.39, 0.29) is 11.9 Å². The van der Waals surface area contributed by atoms with Crippen molar-refractivity contribution >= 4 is 5.82 Å². The van der Waals surface area contributed by atoms with Crippen molar-refractivity contribution < 1.29 is 4.39 Å². The maximum absolute atomic E-state index is 13.4. The zero-order chi connectivity index (χ0) is 16.2. The highest BCUT2D eigenvalue weighted by molar-refractivity contribution is 5.42. The lowest BCUT2D eigenvalue weighted by molar-refractivity contribution is 0.198. The molecule has 23 heavy (non-hydrogen) atoms. The lowest BCUT2D eigenvalue weighted by Crippen LogP contribution is -2.47. The van der Waals surface area contributed by atoms with Crippen LogP contribution in [0.15, 0.2) is 42.6 Å². The Morgan fingerprint density at radius 3 is 2.57 bits per heavy atom. The van der Waals surface area contributed by atoms with Gasteiger partial charge in [0.2, 0.25) is 0 Å². The molecule has 1 atom stereocenters. The number of hydrogen-bond acceptors (Lipinski definition) is 4. The maximum Gasteiger partial charge on any atom is 0.128 e. The van der Waals surface area contributed by atoms with Crippen molar-refractivity contribution in [2.75, 3.05) is 31.1 Å². The Bertz CT molecular complexity index is 700. The second-order valence-corrected chi connectivity index (χ2v) is 5.77. The molecule has 1 aromatic carbocycles. The number of nitrogens with zero attached hydrogens (tertiary/aromatic N) is 4. The molecule has 0 saturated carbocycles. The highest BCUT2D eigenvalue weighted by Gasteiger charge is 2.22. The Hall–Kier alpha value is -2.45. The monoisotopic (exact) mass is 310 g/mol. The Balaban J connectivity index is 1.62. The summed E-state index contributed by atoms with van der Waals surface area (Å²) in [7, 11) is 0. The number of aromatic nitrogens is 1. The van der Waals surface area contributed by atoms with Gasteiger partial charge >= 0.3 is 0 Å². The van der Waals surface area contributed by atoms with Gasteiger partial charge in [-0.25, -0.2) is 9.37 Å². The van der Waals surface area contributed by atoms with Crippen LogP contribution in [0.5, 0.6) is 0 Å². The lowest BCUT2D eigenvalue weighted by atomic mass is 10.1. The van der Waals surface area contributed by atoms with E-state index in [9.17, 15) is 4.39 Å². The topological polar surface area (TPSA) is 43.2 Å². The third kappa shape index (κ3) is 3.49. The van der Waals surface area contributed by atoms with Crippen molar-refractivity contribution in [3.8, 4) is 6.07 Å². The molecule has 0 N–H and O–H groups in total. The summed E-state index contributed by atoms with van der Waals surface area (Å²) in [6, 6.07) is 12.8. The molecular weight excluding hydrogens is 291 g/mol. The fourth-order valence-corrected chi connectivity index (χ4v) is 2.95. The molecule has 1 saturated heterocycles. The number of rotatable bonds is 3. The second-order valence-electron chi connectivity index (χ2n) is 5.77. The van der Waals surface area contributed by atoms with Crippen LogP contribution < -0.4 is 4.90 Å². The van der Waals surface area contributed by atoms with Gasteiger partial charge in [0.25, 0.3) is 0 Å². The molecule has 1 aliphatic heterocycles. The number of benzene rings is 1. The number of hydrogen-bond donors (Lipinski definition) is 0. The Morgan fingerprint density at radius 2 is 1.96 bits per heavy atom.